The fourth-order valence-electron chi connectivity index (χ4n) is 1.67. The van der Waals surface area contributed by atoms with Crippen LogP contribution in [-0.2, 0) is 4.79 Å². The lowest BCUT2D eigenvalue weighted by Gasteiger charge is -2.16. The van der Waals surface area contributed by atoms with Gasteiger partial charge in [-0.25, -0.2) is 0 Å². The number of halogens is 1. The average molecular weight is 210 g/mol. The first-order valence-corrected chi connectivity index (χ1v) is 5.13. The van der Waals surface area contributed by atoms with Crippen molar-refractivity contribution in [3.8, 4) is 0 Å². The van der Waals surface area contributed by atoms with Gasteiger partial charge >= 0.3 is 0 Å². The third-order valence-corrected chi connectivity index (χ3v) is 2.95. The molecule has 0 unspecified atom stereocenters. The zero-order valence-electron chi connectivity index (χ0n) is 8.09. The van der Waals surface area contributed by atoms with E-state index in [-0.39, 0.29) is 5.91 Å². The molecule has 0 atom stereocenters. The van der Waals surface area contributed by atoms with Gasteiger partial charge in [0.15, 0.2) is 0 Å². The lowest BCUT2D eigenvalue weighted by atomic mass is 10.2. The Bertz CT molecular complexity index is 376. The second kappa shape index (κ2) is 3.62. The van der Waals surface area contributed by atoms with Gasteiger partial charge in [0.25, 0.3) is 0 Å². The SMILES string of the molecule is Cc1ccc(N2CCCC2=O)cc1Cl. The number of carbonyl (C=O) groups excluding carboxylic acids is 1. The summed E-state index contributed by atoms with van der Waals surface area (Å²) < 4.78 is 0. The first kappa shape index (κ1) is 9.53. The third kappa shape index (κ3) is 1.62. The molecule has 2 nitrogen and oxygen atoms in total. The van der Waals surface area contributed by atoms with Crippen LogP contribution in [0.3, 0.4) is 0 Å². The molecule has 0 N–H and O–H groups in total. The molecular weight excluding hydrogens is 198 g/mol. The van der Waals surface area contributed by atoms with Gasteiger partial charge in [-0.1, -0.05) is 17.7 Å². The van der Waals surface area contributed by atoms with Crippen molar-refractivity contribution in [2.24, 2.45) is 0 Å². The second-order valence-electron chi connectivity index (χ2n) is 3.58. The van der Waals surface area contributed by atoms with E-state index >= 15 is 0 Å². The highest BCUT2D eigenvalue weighted by Crippen LogP contribution is 2.26. The van der Waals surface area contributed by atoms with Crippen LogP contribution in [0.25, 0.3) is 0 Å². The normalized spacial score (nSPS) is 16.4. The van der Waals surface area contributed by atoms with E-state index in [9.17, 15) is 4.79 Å². The fourth-order valence-corrected chi connectivity index (χ4v) is 1.85. The number of hydrogen-bond donors (Lipinski definition) is 0. The summed E-state index contributed by atoms with van der Waals surface area (Å²) >= 11 is 6.00. The molecule has 1 aliphatic heterocycles. The van der Waals surface area contributed by atoms with Crippen LogP contribution in [0.1, 0.15) is 18.4 Å². The van der Waals surface area contributed by atoms with Crippen LogP contribution in [0, 0.1) is 6.92 Å². The van der Waals surface area contributed by atoms with E-state index < -0.39 is 0 Å². The van der Waals surface area contributed by atoms with Crippen molar-refractivity contribution in [3.05, 3.63) is 28.8 Å². The predicted molar refractivity (Wildman–Crippen MR) is 57.8 cm³/mol. The van der Waals surface area contributed by atoms with Crippen molar-refractivity contribution in [2.45, 2.75) is 19.8 Å². The topological polar surface area (TPSA) is 20.3 Å². The van der Waals surface area contributed by atoms with Crippen molar-refractivity contribution in [1.82, 2.24) is 0 Å². The summed E-state index contributed by atoms with van der Waals surface area (Å²) in [5.41, 5.74) is 1.96. The van der Waals surface area contributed by atoms with Crippen LogP contribution >= 0.6 is 11.6 Å². The number of amides is 1. The Morgan fingerprint density at radius 3 is 2.79 bits per heavy atom. The van der Waals surface area contributed by atoms with Gasteiger partial charge in [0.1, 0.15) is 0 Å². The van der Waals surface area contributed by atoms with Gasteiger partial charge in [-0.05, 0) is 31.0 Å². The van der Waals surface area contributed by atoms with Gasteiger partial charge in [-0.2, -0.15) is 0 Å². The van der Waals surface area contributed by atoms with E-state index in [1.54, 1.807) is 4.90 Å². The molecule has 0 aromatic heterocycles. The molecule has 0 saturated carbocycles. The monoisotopic (exact) mass is 209 g/mol. The Hall–Kier alpha value is -1.02. The van der Waals surface area contributed by atoms with E-state index in [0.717, 1.165) is 29.2 Å². The average Bonchev–Trinajstić information content (AvgIpc) is 2.57. The molecule has 0 spiro atoms. The summed E-state index contributed by atoms with van der Waals surface area (Å²) in [6.45, 7) is 2.77. The van der Waals surface area contributed by atoms with E-state index in [2.05, 4.69) is 0 Å². The number of benzene rings is 1. The lowest BCUT2D eigenvalue weighted by Crippen LogP contribution is -2.23. The van der Waals surface area contributed by atoms with E-state index in [4.69, 9.17) is 11.6 Å². The third-order valence-electron chi connectivity index (χ3n) is 2.54. The maximum absolute atomic E-state index is 11.5. The molecule has 14 heavy (non-hydrogen) atoms. The molecule has 1 aromatic carbocycles. The Morgan fingerprint density at radius 1 is 1.43 bits per heavy atom. The van der Waals surface area contributed by atoms with Gasteiger partial charge in [-0.15, -0.1) is 0 Å². The second-order valence-corrected chi connectivity index (χ2v) is 3.99. The van der Waals surface area contributed by atoms with Crippen LogP contribution in [0.15, 0.2) is 18.2 Å². The summed E-state index contributed by atoms with van der Waals surface area (Å²) in [5.74, 6) is 0.199. The predicted octanol–water partition coefficient (Wildman–Crippen LogP) is 2.78. The molecule has 0 radical (unpaired) electrons. The van der Waals surface area contributed by atoms with E-state index in [0.29, 0.717) is 6.42 Å². The summed E-state index contributed by atoms with van der Waals surface area (Å²) in [6, 6.07) is 5.76. The van der Waals surface area contributed by atoms with Crippen LogP contribution in [-0.4, -0.2) is 12.5 Å². The highest BCUT2D eigenvalue weighted by atomic mass is 35.5. The molecule has 1 aliphatic rings. The van der Waals surface area contributed by atoms with Crippen LogP contribution < -0.4 is 4.90 Å². The largest absolute Gasteiger partial charge is 0.312 e. The summed E-state index contributed by atoms with van der Waals surface area (Å²) in [5, 5.41) is 0.724. The number of anilines is 1. The van der Waals surface area contributed by atoms with Crippen molar-refractivity contribution in [2.75, 3.05) is 11.4 Å². The van der Waals surface area contributed by atoms with Gasteiger partial charge in [0.05, 0.1) is 0 Å². The molecule has 1 saturated heterocycles. The Kier molecular flexibility index (Phi) is 2.46. The molecule has 0 bridgehead atoms. The Labute approximate surface area is 88.5 Å². The molecule has 2 rings (SSSR count). The highest BCUT2D eigenvalue weighted by Gasteiger charge is 2.21. The summed E-state index contributed by atoms with van der Waals surface area (Å²) in [4.78, 5) is 13.3. The molecule has 1 amide bonds. The number of nitrogens with zero attached hydrogens (tertiary/aromatic N) is 1. The Morgan fingerprint density at radius 2 is 2.21 bits per heavy atom. The van der Waals surface area contributed by atoms with Gasteiger partial charge in [0, 0.05) is 23.7 Å². The van der Waals surface area contributed by atoms with Crippen LogP contribution in [0.4, 0.5) is 5.69 Å². The highest BCUT2D eigenvalue weighted by molar-refractivity contribution is 6.31. The summed E-state index contributed by atoms with van der Waals surface area (Å²) in [7, 11) is 0. The van der Waals surface area contributed by atoms with Gasteiger partial charge in [-0.3, -0.25) is 4.79 Å². The smallest absolute Gasteiger partial charge is 0.227 e. The number of hydrogen-bond acceptors (Lipinski definition) is 1. The minimum atomic E-state index is 0.199. The lowest BCUT2D eigenvalue weighted by molar-refractivity contribution is -0.117. The molecule has 74 valence electrons. The van der Waals surface area contributed by atoms with E-state index in [1.807, 2.05) is 25.1 Å². The Balaban J connectivity index is 2.32. The molecule has 1 aromatic rings. The zero-order chi connectivity index (χ0) is 10.1. The van der Waals surface area contributed by atoms with Crippen molar-refractivity contribution in [3.63, 3.8) is 0 Å². The number of rotatable bonds is 1. The van der Waals surface area contributed by atoms with Crippen LogP contribution in [0.2, 0.25) is 5.02 Å². The molecular formula is C11H12ClNO. The first-order valence-electron chi connectivity index (χ1n) is 4.75. The first-order chi connectivity index (χ1) is 6.68. The zero-order valence-corrected chi connectivity index (χ0v) is 8.84. The number of aryl methyl sites for hydroxylation is 1. The van der Waals surface area contributed by atoms with Crippen molar-refractivity contribution >= 4 is 23.2 Å². The standard InChI is InChI=1S/C11H12ClNO/c1-8-4-5-9(7-10(8)12)13-6-2-3-11(13)14/h4-5,7H,2-3,6H2,1H3. The maximum Gasteiger partial charge on any atom is 0.227 e. The van der Waals surface area contributed by atoms with Crippen LogP contribution in [0.5, 0.6) is 0 Å². The quantitative estimate of drug-likeness (QED) is 0.697. The molecule has 1 fully saturated rings. The van der Waals surface area contributed by atoms with Crippen molar-refractivity contribution < 1.29 is 4.79 Å². The fraction of sp³-hybridized carbons (Fsp3) is 0.364. The summed E-state index contributed by atoms with van der Waals surface area (Å²) in [6.07, 6.45) is 1.61. The molecule has 3 heteroatoms. The molecule has 1 heterocycles. The minimum Gasteiger partial charge on any atom is -0.312 e. The van der Waals surface area contributed by atoms with Crippen molar-refractivity contribution in [1.29, 1.82) is 0 Å². The number of carbonyl (C=O) groups is 1. The van der Waals surface area contributed by atoms with Gasteiger partial charge < -0.3 is 4.90 Å². The van der Waals surface area contributed by atoms with E-state index in [1.165, 1.54) is 0 Å². The van der Waals surface area contributed by atoms with Gasteiger partial charge in [0.2, 0.25) is 5.91 Å². The maximum atomic E-state index is 11.5. The molecule has 0 aliphatic carbocycles. The minimum absolute atomic E-state index is 0.199.